The van der Waals surface area contributed by atoms with Crippen LogP contribution < -0.4 is 10.2 Å². The average Bonchev–Trinajstić information content (AvgIpc) is 3.37. The minimum absolute atomic E-state index is 0.0312. The molecule has 0 radical (unpaired) electrons. The van der Waals surface area contributed by atoms with Crippen LogP contribution in [-0.4, -0.2) is 34.3 Å². The highest BCUT2D eigenvalue weighted by atomic mass is 35.5. The summed E-state index contributed by atoms with van der Waals surface area (Å²) in [4.78, 5) is 27.6. The molecule has 4 rings (SSSR count). The third kappa shape index (κ3) is 5.44. The van der Waals surface area contributed by atoms with Crippen molar-refractivity contribution in [3.05, 3.63) is 64.1 Å². The lowest BCUT2D eigenvalue weighted by molar-refractivity contribution is -0.117. The molecule has 0 bridgehead atoms. The summed E-state index contributed by atoms with van der Waals surface area (Å²) in [5, 5.41) is 13.0. The number of hydrogen-bond donors (Lipinski definition) is 1. The monoisotopic (exact) mass is 472 g/mol. The molecule has 0 saturated carbocycles. The molecule has 2 amide bonds. The highest BCUT2D eigenvalue weighted by Gasteiger charge is 2.34. The predicted molar refractivity (Wildman–Crippen MR) is 126 cm³/mol. The Kier molecular flexibility index (Phi) is 6.89. The van der Waals surface area contributed by atoms with E-state index in [0.717, 1.165) is 21.2 Å². The van der Waals surface area contributed by atoms with Gasteiger partial charge in [0.2, 0.25) is 16.9 Å². The van der Waals surface area contributed by atoms with E-state index in [0.29, 0.717) is 35.3 Å². The summed E-state index contributed by atoms with van der Waals surface area (Å²) in [6.45, 7) is 2.45. The molecule has 0 spiro atoms. The highest BCUT2D eigenvalue weighted by Crippen LogP contribution is 2.35. The normalized spacial score (nSPS) is 16.0. The number of aryl methyl sites for hydroxylation is 1. The molecule has 6 nitrogen and oxygen atoms in total. The Morgan fingerprint density at radius 1 is 1.26 bits per heavy atom. The molecule has 3 aromatic rings. The van der Waals surface area contributed by atoms with E-state index in [4.69, 9.17) is 11.6 Å². The minimum Gasteiger partial charge on any atom is -0.312 e. The number of hydrogen-bond acceptors (Lipinski definition) is 6. The van der Waals surface area contributed by atoms with E-state index in [9.17, 15) is 9.59 Å². The third-order valence-electron chi connectivity index (χ3n) is 4.97. The van der Waals surface area contributed by atoms with E-state index in [1.54, 1.807) is 16.7 Å². The van der Waals surface area contributed by atoms with Crippen molar-refractivity contribution in [1.82, 2.24) is 10.2 Å². The van der Waals surface area contributed by atoms with Crippen molar-refractivity contribution in [2.75, 3.05) is 22.5 Å². The van der Waals surface area contributed by atoms with Crippen LogP contribution in [0.1, 0.15) is 29.3 Å². The summed E-state index contributed by atoms with van der Waals surface area (Å²) in [5.41, 5.74) is 1.76. The first-order chi connectivity index (χ1) is 15.0. The van der Waals surface area contributed by atoms with Gasteiger partial charge < -0.3 is 10.2 Å². The summed E-state index contributed by atoms with van der Waals surface area (Å²) in [5.74, 6) is 0.574. The molecule has 0 aliphatic carbocycles. The fourth-order valence-corrected chi connectivity index (χ4v) is 5.18. The topological polar surface area (TPSA) is 75.2 Å². The van der Waals surface area contributed by atoms with Gasteiger partial charge in [0.05, 0.1) is 0 Å². The maximum absolute atomic E-state index is 12.5. The molecule has 2 heterocycles. The summed E-state index contributed by atoms with van der Waals surface area (Å²) >= 11 is 9.18. The number of halogens is 1. The number of nitrogens with zero attached hydrogens (tertiary/aromatic N) is 3. The van der Waals surface area contributed by atoms with Gasteiger partial charge in [0.15, 0.2) is 0 Å². The zero-order valence-electron chi connectivity index (χ0n) is 16.9. The standard InChI is InChI=1S/C22H21ClN4O2S2/c1-14-7-8-16(12-18(14)23)27-13-15(11-20(27)29)21-25-26-22(31-21)24-19(28)9-10-30-17-5-3-2-4-6-17/h2-8,12,15H,9-11,13H2,1H3,(H,24,26,28). The average molecular weight is 473 g/mol. The molecule has 1 aliphatic rings. The smallest absolute Gasteiger partial charge is 0.227 e. The fraction of sp³-hybridized carbons (Fsp3) is 0.273. The molecular formula is C22H21ClN4O2S2. The van der Waals surface area contributed by atoms with Crippen LogP contribution in [0.5, 0.6) is 0 Å². The van der Waals surface area contributed by atoms with Crippen LogP contribution in [0.2, 0.25) is 5.02 Å². The van der Waals surface area contributed by atoms with E-state index in [1.807, 2.05) is 55.5 Å². The molecule has 1 saturated heterocycles. The molecule has 9 heteroatoms. The van der Waals surface area contributed by atoms with E-state index in [1.165, 1.54) is 11.3 Å². The summed E-state index contributed by atoms with van der Waals surface area (Å²) in [6, 6.07) is 15.6. The zero-order chi connectivity index (χ0) is 21.8. The van der Waals surface area contributed by atoms with Gasteiger partial charge in [-0.15, -0.1) is 22.0 Å². The van der Waals surface area contributed by atoms with Crippen molar-refractivity contribution in [2.24, 2.45) is 0 Å². The maximum Gasteiger partial charge on any atom is 0.227 e. The van der Waals surface area contributed by atoms with Crippen molar-refractivity contribution in [3.63, 3.8) is 0 Å². The number of carbonyl (C=O) groups excluding carboxylic acids is 2. The van der Waals surface area contributed by atoms with E-state index < -0.39 is 0 Å². The number of amides is 2. The molecular weight excluding hydrogens is 452 g/mol. The van der Waals surface area contributed by atoms with Crippen molar-refractivity contribution in [1.29, 1.82) is 0 Å². The molecule has 1 N–H and O–H groups in total. The van der Waals surface area contributed by atoms with Gasteiger partial charge in [-0.1, -0.05) is 47.2 Å². The van der Waals surface area contributed by atoms with Crippen LogP contribution in [-0.2, 0) is 9.59 Å². The van der Waals surface area contributed by atoms with E-state index >= 15 is 0 Å². The van der Waals surface area contributed by atoms with Crippen molar-refractivity contribution in [2.45, 2.75) is 30.6 Å². The minimum atomic E-state index is -0.0930. The molecule has 2 aromatic carbocycles. The lowest BCUT2D eigenvalue weighted by Crippen LogP contribution is -2.24. The van der Waals surface area contributed by atoms with Crippen LogP contribution in [0.15, 0.2) is 53.4 Å². The SMILES string of the molecule is Cc1ccc(N2CC(c3nnc(NC(=O)CCSc4ccccc4)s3)CC2=O)cc1Cl. The molecule has 1 aromatic heterocycles. The largest absolute Gasteiger partial charge is 0.312 e. The van der Waals surface area contributed by atoms with Gasteiger partial charge in [0.25, 0.3) is 0 Å². The van der Waals surface area contributed by atoms with Crippen LogP contribution >= 0.6 is 34.7 Å². The lowest BCUT2D eigenvalue weighted by atomic mass is 10.1. The van der Waals surface area contributed by atoms with Gasteiger partial charge in [-0.3, -0.25) is 9.59 Å². The zero-order valence-corrected chi connectivity index (χ0v) is 19.3. The Hall–Kier alpha value is -2.42. The third-order valence-corrected chi connectivity index (χ3v) is 7.39. The van der Waals surface area contributed by atoms with Crippen molar-refractivity contribution < 1.29 is 9.59 Å². The van der Waals surface area contributed by atoms with E-state index in [2.05, 4.69) is 15.5 Å². The lowest BCUT2D eigenvalue weighted by Gasteiger charge is -2.17. The first-order valence-corrected chi connectivity index (χ1v) is 12.0. The van der Waals surface area contributed by atoms with Crippen molar-refractivity contribution in [3.8, 4) is 0 Å². The Balaban J connectivity index is 1.31. The highest BCUT2D eigenvalue weighted by molar-refractivity contribution is 7.99. The second-order valence-corrected chi connectivity index (χ2v) is 9.83. The number of rotatable bonds is 7. The molecule has 1 atom stereocenters. The quantitative estimate of drug-likeness (QED) is 0.482. The van der Waals surface area contributed by atoms with Gasteiger partial charge in [0.1, 0.15) is 5.01 Å². The molecule has 160 valence electrons. The number of anilines is 2. The summed E-state index contributed by atoms with van der Waals surface area (Å²) in [6.07, 6.45) is 0.750. The number of thioether (sulfide) groups is 1. The first kappa shape index (κ1) is 21.8. The van der Waals surface area contributed by atoms with Gasteiger partial charge in [0, 0.05) is 46.7 Å². The number of carbonyl (C=O) groups is 2. The van der Waals surface area contributed by atoms with Crippen LogP contribution in [0.25, 0.3) is 0 Å². The van der Waals surface area contributed by atoms with Crippen LogP contribution in [0.3, 0.4) is 0 Å². The summed E-state index contributed by atoms with van der Waals surface area (Å²) < 4.78 is 0. The molecule has 1 fully saturated rings. The molecule has 1 unspecified atom stereocenters. The fourth-order valence-electron chi connectivity index (χ4n) is 3.28. The van der Waals surface area contributed by atoms with Crippen LogP contribution in [0, 0.1) is 6.92 Å². The summed E-state index contributed by atoms with van der Waals surface area (Å²) in [7, 11) is 0. The van der Waals surface area contributed by atoms with Gasteiger partial charge in [-0.2, -0.15) is 0 Å². The molecule has 1 aliphatic heterocycles. The molecule has 31 heavy (non-hydrogen) atoms. The Morgan fingerprint density at radius 3 is 2.84 bits per heavy atom. The Labute approximate surface area is 194 Å². The number of nitrogens with one attached hydrogen (secondary N) is 1. The predicted octanol–water partition coefficient (Wildman–Crippen LogP) is 5.14. The second kappa shape index (κ2) is 9.80. The first-order valence-electron chi connectivity index (χ1n) is 9.87. The van der Waals surface area contributed by atoms with E-state index in [-0.39, 0.29) is 17.7 Å². The van der Waals surface area contributed by atoms with Gasteiger partial charge >= 0.3 is 0 Å². The maximum atomic E-state index is 12.5. The number of aromatic nitrogens is 2. The number of benzene rings is 2. The second-order valence-electron chi connectivity index (χ2n) is 7.24. The Bertz CT molecular complexity index is 1090. The van der Waals surface area contributed by atoms with Gasteiger partial charge in [-0.05, 0) is 36.8 Å². The van der Waals surface area contributed by atoms with Crippen LogP contribution in [0.4, 0.5) is 10.8 Å². The van der Waals surface area contributed by atoms with Gasteiger partial charge in [-0.25, -0.2) is 0 Å². The Morgan fingerprint density at radius 2 is 2.06 bits per heavy atom. The van der Waals surface area contributed by atoms with Crippen molar-refractivity contribution >= 4 is 57.3 Å².